The van der Waals surface area contributed by atoms with E-state index in [-0.39, 0.29) is 11.0 Å². The molecule has 2 bridgehead atoms. The average molecular weight is 611 g/mol. The van der Waals surface area contributed by atoms with Crippen LogP contribution in [0, 0.1) is 0 Å². The van der Waals surface area contributed by atoms with E-state index in [4.69, 9.17) is 46.7 Å². The number of methoxy groups -OCH3 is 1. The molecule has 1 aromatic carbocycles. The molecule has 0 radical (unpaired) electrons. The summed E-state index contributed by atoms with van der Waals surface area (Å²) in [5, 5.41) is 9.68. The largest absolute Gasteiger partial charge is 0.495 e. The van der Waals surface area contributed by atoms with Gasteiger partial charge in [-0.05, 0) is 69.6 Å². The first-order chi connectivity index (χ1) is 20.3. The number of halogens is 2. The third kappa shape index (κ3) is 4.75. The molecule has 4 saturated carbocycles. The lowest BCUT2D eigenvalue weighted by Crippen LogP contribution is -2.49. The lowest BCUT2D eigenvalue weighted by Gasteiger charge is -2.51. The van der Waals surface area contributed by atoms with Crippen LogP contribution in [0.15, 0.2) is 39.6 Å². The highest BCUT2D eigenvalue weighted by atomic mass is 35.5. The van der Waals surface area contributed by atoms with Crippen molar-refractivity contribution in [2.24, 2.45) is 0 Å². The van der Waals surface area contributed by atoms with Crippen LogP contribution in [0.25, 0.3) is 22.6 Å². The van der Waals surface area contributed by atoms with E-state index in [1.165, 1.54) is 0 Å². The monoisotopic (exact) mass is 609 g/mol. The van der Waals surface area contributed by atoms with E-state index in [1.807, 2.05) is 37.2 Å². The molecule has 220 valence electrons. The maximum atomic E-state index is 6.79. The first-order valence-electron chi connectivity index (χ1n) is 14.4. The van der Waals surface area contributed by atoms with Crippen LogP contribution >= 0.6 is 23.2 Å². The summed E-state index contributed by atoms with van der Waals surface area (Å²) >= 11 is 13.0. The average Bonchev–Trinajstić information content (AvgIpc) is 3.56. The molecule has 0 unspecified atom stereocenters. The fourth-order valence-electron chi connectivity index (χ4n) is 6.61. The number of rotatable bonds is 9. The fourth-order valence-corrected chi connectivity index (χ4v) is 7.15. The molecule has 9 nitrogen and oxygen atoms in total. The van der Waals surface area contributed by atoms with Gasteiger partial charge in [0.15, 0.2) is 0 Å². The number of nitrogens with zero attached hydrogens (tertiary/aromatic N) is 5. The zero-order chi connectivity index (χ0) is 29.1. The summed E-state index contributed by atoms with van der Waals surface area (Å²) in [5.41, 5.74) is 3.79. The predicted octanol–water partition coefficient (Wildman–Crippen LogP) is 7.61. The van der Waals surface area contributed by atoms with Gasteiger partial charge in [0, 0.05) is 49.1 Å². The van der Waals surface area contributed by atoms with Crippen LogP contribution in [-0.4, -0.2) is 47.1 Å². The second kappa shape index (κ2) is 10.5. The lowest BCUT2D eigenvalue weighted by molar-refractivity contribution is -0.130. The minimum Gasteiger partial charge on any atom is -0.495 e. The van der Waals surface area contributed by atoms with Gasteiger partial charge < -0.3 is 23.4 Å². The van der Waals surface area contributed by atoms with E-state index in [0.29, 0.717) is 39.7 Å². The number of aromatic nitrogens is 4. The second-order valence-electron chi connectivity index (χ2n) is 12.1. The Balaban J connectivity index is 1.08. The molecule has 4 aliphatic carbocycles. The van der Waals surface area contributed by atoms with Gasteiger partial charge in [0.1, 0.15) is 17.2 Å². The summed E-state index contributed by atoms with van der Waals surface area (Å²) in [6.07, 6.45) is 10.9. The van der Waals surface area contributed by atoms with Gasteiger partial charge in [0.05, 0.1) is 40.5 Å². The molecule has 0 spiro atoms. The zero-order valence-corrected chi connectivity index (χ0v) is 25.5. The maximum absolute atomic E-state index is 6.79. The summed E-state index contributed by atoms with van der Waals surface area (Å²) in [6.45, 7) is 0.406. The van der Waals surface area contributed by atoms with E-state index in [9.17, 15) is 0 Å². The lowest BCUT2D eigenvalue weighted by atomic mass is 9.58. The Morgan fingerprint density at radius 2 is 1.69 bits per heavy atom. The number of fused-ring (bicyclic) bond motifs is 3. The second-order valence-corrected chi connectivity index (χ2v) is 12.9. The van der Waals surface area contributed by atoms with Crippen molar-refractivity contribution in [2.75, 3.05) is 26.1 Å². The third-order valence-corrected chi connectivity index (χ3v) is 9.93. The van der Waals surface area contributed by atoms with E-state index in [1.54, 1.807) is 19.5 Å². The van der Waals surface area contributed by atoms with E-state index < -0.39 is 0 Å². The topological polar surface area (TPSA) is 99.5 Å². The highest BCUT2D eigenvalue weighted by molar-refractivity contribution is 6.38. The Morgan fingerprint density at radius 3 is 2.33 bits per heavy atom. The van der Waals surface area contributed by atoms with Crippen molar-refractivity contribution in [1.29, 1.82) is 0 Å². The molecule has 8 rings (SSSR count). The Hall–Kier alpha value is -3.14. The molecule has 4 aliphatic rings. The van der Waals surface area contributed by atoms with Crippen molar-refractivity contribution < 1.29 is 18.5 Å². The zero-order valence-electron chi connectivity index (χ0n) is 24.0. The Kier molecular flexibility index (Phi) is 6.95. The van der Waals surface area contributed by atoms with Crippen molar-refractivity contribution in [3.63, 3.8) is 0 Å². The number of ether oxygens (including phenoxy) is 2. The van der Waals surface area contributed by atoms with Gasteiger partial charge in [-0.2, -0.15) is 4.98 Å². The Bertz CT molecular complexity index is 1580. The van der Waals surface area contributed by atoms with Gasteiger partial charge in [0.25, 0.3) is 0 Å². The summed E-state index contributed by atoms with van der Waals surface area (Å²) in [4.78, 5) is 11.0. The summed E-state index contributed by atoms with van der Waals surface area (Å²) in [5.74, 6) is 3.40. The highest BCUT2D eigenvalue weighted by Crippen LogP contribution is 2.55. The molecule has 4 fully saturated rings. The molecular weight excluding hydrogens is 577 g/mol. The number of pyridine rings is 1. The van der Waals surface area contributed by atoms with Gasteiger partial charge in [-0.25, -0.2) is 0 Å². The van der Waals surface area contributed by atoms with E-state index in [0.717, 1.165) is 85.6 Å². The molecule has 0 atom stereocenters. The molecule has 0 aliphatic heterocycles. The van der Waals surface area contributed by atoms with Crippen LogP contribution < -0.4 is 9.64 Å². The molecule has 0 saturated heterocycles. The van der Waals surface area contributed by atoms with E-state index in [2.05, 4.69) is 15.3 Å². The van der Waals surface area contributed by atoms with Crippen molar-refractivity contribution >= 4 is 28.9 Å². The molecule has 3 aromatic heterocycles. The highest BCUT2D eigenvalue weighted by Gasteiger charge is 2.53. The normalized spacial score (nSPS) is 23.4. The Morgan fingerprint density at radius 1 is 0.976 bits per heavy atom. The number of anilines is 1. The number of hydrogen-bond acceptors (Lipinski definition) is 9. The van der Waals surface area contributed by atoms with Crippen molar-refractivity contribution in [3.8, 4) is 28.4 Å². The minimum absolute atomic E-state index is 0.118. The van der Waals surface area contributed by atoms with Gasteiger partial charge in [-0.3, -0.25) is 4.98 Å². The maximum Gasteiger partial charge on any atom is 0.233 e. The van der Waals surface area contributed by atoms with Crippen LogP contribution in [0.4, 0.5) is 5.69 Å². The Labute approximate surface area is 254 Å². The molecule has 4 aromatic rings. The first-order valence-corrected chi connectivity index (χ1v) is 15.2. The van der Waals surface area contributed by atoms with Gasteiger partial charge >= 0.3 is 0 Å². The predicted molar refractivity (Wildman–Crippen MR) is 159 cm³/mol. The minimum atomic E-state index is -0.206. The smallest absolute Gasteiger partial charge is 0.233 e. The molecule has 3 heterocycles. The van der Waals surface area contributed by atoms with Crippen LogP contribution in [0.2, 0.25) is 10.0 Å². The number of hydrogen-bond donors (Lipinski definition) is 0. The van der Waals surface area contributed by atoms with Crippen molar-refractivity contribution in [1.82, 2.24) is 20.3 Å². The van der Waals surface area contributed by atoms with Gasteiger partial charge in [-0.15, -0.1) is 0 Å². The van der Waals surface area contributed by atoms with Crippen molar-refractivity contribution in [3.05, 3.63) is 57.9 Å². The first kappa shape index (κ1) is 27.7. The summed E-state index contributed by atoms with van der Waals surface area (Å²) in [6, 6.07) is 5.95. The molecule has 0 N–H and O–H groups in total. The van der Waals surface area contributed by atoms with Gasteiger partial charge in [0.2, 0.25) is 11.7 Å². The third-order valence-electron chi connectivity index (χ3n) is 9.36. The van der Waals surface area contributed by atoms with Crippen LogP contribution in [-0.2, 0) is 16.8 Å². The SMILES string of the molecule is COc1ccc(-c2noc(C34CCC(OCc5c(-c6c(Cl)cncc6Cl)noc5C5CC5)(CC3)CC4)n2)cc1N(C)C. The standard InChI is InChI=1S/C31H33Cl2N5O4/c1-38(2)23-14-19(6-7-24(23)39-3)28-35-29(42-37-28)30-8-11-31(12-9-30,13-10-30)40-17-20-26(36-41-27(20)18-4-5-18)25-21(32)15-34-16-22(25)33/h6-7,14-16,18H,4-5,8-13,17H2,1-3H3. The number of benzene rings is 1. The fraction of sp³-hybridized carbons (Fsp3) is 0.484. The van der Waals surface area contributed by atoms with E-state index >= 15 is 0 Å². The molecular formula is C31H33Cl2N5O4. The van der Waals surface area contributed by atoms with Crippen LogP contribution in [0.1, 0.15) is 74.5 Å². The summed E-state index contributed by atoms with van der Waals surface area (Å²) < 4.78 is 24.1. The van der Waals surface area contributed by atoms with Gasteiger partial charge in [-0.1, -0.05) is 33.5 Å². The summed E-state index contributed by atoms with van der Waals surface area (Å²) in [7, 11) is 5.65. The molecule has 0 amide bonds. The molecule has 42 heavy (non-hydrogen) atoms. The molecule has 11 heteroatoms. The van der Waals surface area contributed by atoms with Crippen molar-refractivity contribution in [2.45, 2.75) is 74.9 Å². The quantitative estimate of drug-likeness (QED) is 0.190. The van der Waals surface area contributed by atoms with Crippen LogP contribution in [0.5, 0.6) is 5.75 Å². The van der Waals surface area contributed by atoms with Crippen LogP contribution in [0.3, 0.4) is 0 Å².